The van der Waals surface area contributed by atoms with Gasteiger partial charge in [0.15, 0.2) is 5.17 Å². The first-order chi connectivity index (χ1) is 7.17. The number of aliphatic imine (C=N–C) groups is 1. The molecular weight excluding hydrogens is 236 g/mol. The quantitative estimate of drug-likeness (QED) is 0.469. The molecule has 4 N–H and O–H groups in total. The Morgan fingerprint density at radius 3 is 2.73 bits per heavy atom. The molecule has 1 fully saturated rings. The largest absolute Gasteiger partial charge is 0.395 e. The second kappa shape index (κ2) is 4.50. The van der Waals surface area contributed by atoms with Crippen molar-refractivity contribution in [3.63, 3.8) is 0 Å². The predicted molar refractivity (Wildman–Crippen MR) is 62.1 cm³/mol. The van der Waals surface area contributed by atoms with E-state index in [1.807, 2.05) is 0 Å². The molecule has 5 atom stereocenters. The number of fused-ring (bicyclic) bond motifs is 1. The van der Waals surface area contributed by atoms with Crippen LogP contribution in [-0.4, -0.2) is 62.2 Å². The number of nitrogens with zero attached hydrogens (tertiary/aromatic N) is 1. The first kappa shape index (κ1) is 11.5. The van der Waals surface area contributed by atoms with Crippen LogP contribution in [0, 0.1) is 0 Å². The van der Waals surface area contributed by atoms with Gasteiger partial charge in [-0.1, -0.05) is 11.8 Å². The Morgan fingerprint density at radius 2 is 2.13 bits per heavy atom. The van der Waals surface area contributed by atoms with Crippen molar-refractivity contribution in [3.8, 4) is 0 Å². The zero-order valence-corrected chi connectivity index (χ0v) is 9.83. The Labute approximate surface area is 96.4 Å². The van der Waals surface area contributed by atoms with Crippen molar-refractivity contribution in [2.75, 3.05) is 13.7 Å². The molecule has 5 nitrogen and oxygen atoms in total. The molecule has 5 unspecified atom stereocenters. The van der Waals surface area contributed by atoms with Gasteiger partial charge in [0.1, 0.15) is 12.1 Å². The molecule has 0 aliphatic carbocycles. The van der Waals surface area contributed by atoms with Crippen molar-refractivity contribution >= 4 is 28.7 Å². The summed E-state index contributed by atoms with van der Waals surface area (Å²) >= 11 is 3.02. The highest BCUT2D eigenvalue weighted by Crippen LogP contribution is 2.43. The molecule has 0 spiro atoms. The van der Waals surface area contributed by atoms with Crippen LogP contribution in [-0.2, 0) is 0 Å². The molecule has 0 aromatic heterocycles. The Hall–Kier alpha value is 0.0500. The second-order valence-electron chi connectivity index (χ2n) is 3.50. The monoisotopic (exact) mass is 250 g/mol. The van der Waals surface area contributed by atoms with Gasteiger partial charge in [0.05, 0.1) is 22.5 Å². The van der Waals surface area contributed by atoms with Crippen LogP contribution in [0.25, 0.3) is 0 Å². The number of hydrogen-bond donors (Lipinski definition) is 4. The van der Waals surface area contributed by atoms with Crippen LogP contribution in [0.2, 0.25) is 0 Å². The summed E-state index contributed by atoms with van der Waals surface area (Å²) in [6.07, 6.45) is -1.78. The highest BCUT2D eigenvalue weighted by atomic mass is 32.2. The Bertz CT molecular complexity index is 277. The minimum absolute atomic E-state index is 0.0861. The fourth-order valence-electron chi connectivity index (χ4n) is 1.70. The zero-order valence-electron chi connectivity index (χ0n) is 8.20. The Balaban J connectivity index is 2.12. The van der Waals surface area contributed by atoms with Crippen molar-refractivity contribution < 1.29 is 15.3 Å². The number of nitrogens with one attached hydrogen (secondary N) is 1. The van der Waals surface area contributed by atoms with Gasteiger partial charge in [-0.2, -0.15) is 0 Å². The minimum atomic E-state index is -0.901. The third-order valence-corrected chi connectivity index (χ3v) is 5.55. The normalized spacial score (nSPS) is 44.8. The number of rotatable bonds is 1. The van der Waals surface area contributed by atoms with E-state index in [0.717, 1.165) is 5.17 Å². The second-order valence-corrected chi connectivity index (χ2v) is 6.31. The van der Waals surface area contributed by atoms with Gasteiger partial charge >= 0.3 is 0 Å². The minimum Gasteiger partial charge on any atom is -0.395 e. The van der Waals surface area contributed by atoms with Crippen LogP contribution in [0.4, 0.5) is 0 Å². The lowest BCUT2D eigenvalue weighted by Gasteiger charge is -2.36. The van der Waals surface area contributed by atoms with Crippen LogP contribution >= 0.6 is 23.5 Å². The lowest BCUT2D eigenvalue weighted by molar-refractivity contribution is -0.00539. The number of aliphatic hydroxyl groups excluding tert-OH is 3. The summed E-state index contributed by atoms with van der Waals surface area (Å²) in [5, 5.41) is 32.0. The van der Waals surface area contributed by atoms with Crippen LogP contribution in [0.3, 0.4) is 0 Å². The van der Waals surface area contributed by atoms with Crippen LogP contribution in [0.5, 0.6) is 0 Å². The maximum absolute atomic E-state index is 9.84. The molecule has 86 valence electrons. The van der Waals surface area contributed by atoms with Crippen molar-refractivity contribution in [3.05, 3.63) is 0 Å². The molecule has 0 bridgehead atoms. The molecule has 0 radical (unpaired) electrons. The molecule has 2 aliphatic rings. The average Bonchev–Trinajstić information content (AvgIpc) is 2.66. The summed E-state index contributed by atoms with van der Waals surface area (Å²) in [6, 6.07) is -0.278. The van der Waals surface area contributed by atoms with Gasteiger partial charge in [0.2, 0.25) is 0 Å². The predicted octanol–water partition coefficient (Wildman–Crippen LogP) is -1.17. The molecule has 0 saturated carbocycles. The Kier molecular flexibility index (Phi) is 3.46. The van der Waals surface area contributed by atoms with Gasteiger partial charge in [-0.15, -0.1) is 11.8 Å². The van der Waals surface area contributed by atoms with E-state index in [1.165, 1.54) is 23.5 Å². The number of thioether (sulfide) groups is 2. The summed E-state index contributed by atoms with van der Waals surface area (Å²) in [6.45, 7) is -0.123. The fraction of sp³-hybridized carbons (Fsp3) is 0.875. The lowest BCUT2D eigenvalue weighted by Crippen LogP contribution is -2.51. The molecule has 15 heavy (non-hydrogen) atoms. The van der Waals surface area contributed by atoms with Gasteiger partial charge in [-0.05, 0) is 0 Å². The molecule has 2 rings (SSSR count). The molecule has 0 amide bonds. The SMILES string of the molecule is CNC1=NC2C(S1)SC(CO)C(O)C2O. The molecule has 1 saturated heterocycles. The van der Waals surface area contributed by atoms with Gasteiger partial charge < -0.3 is 20.6 Å². The van der Waals surface area contributed by atoms with Crippen molar-refractivity contribution in [1.29, 1.82) is 0 Å². The summed E-state index contributed by atoms with van der Waals surface area (Å²) in [5.41, 5.74) is 0. The molecule has 0 aromatic rings. The van der Waals surface area contributed by atoms with Gasteiger partial charge in [0.25, 0.3) is 0 Å². The fourth-order valence-corrected chi connectivity index (χ4v) is 4.64. The standard InChI is InChI=1S/C8H14N2O3S2/c1-9-8-10-4-6(13)5(12)3(2-11)14-7(4)15-8/h3-7,11-13H,2H2,1H3,(H,9,10). The van der Waals surface area contributed by atoms with E-state index in [2.05, 4.69) is 10.3 Å². The summed E-state index contributed by atoms with van der Waals surface area (Å²) in [4.78, 5) is 4.28. The molecule has 7 heteroatoms. The van der Waals surface area contributed by atoms with Crippen LogP contribution in [0.1, 0.15) is 0 Å². The van der Waals surface area contributed by atoms with Crippen LogP contribution < -0.4 is 5.32 Å². The van der Waals surface area contributed by atoms with E-state index in [-0.39, 0.29) is 22.5 Å². The van der Waals surface area contributed by atoms with E-state index < -0.39 is 12.2 Å². The van der Waals surface area contributed by atoms with Crippen molar-refractivity contribution in [2.45, 2.75) is 28.1 Å². The Morgan fingerprint density at radius 1 is 1.40 bits per heavy atom. The van der Waals surface area contributed by atoms with E-state index >= 15 is 0 Å². The van der Waals surface area contributed by atoms with E-state index in [4.69, 9.17) is 5.11 Å². The third kappa shape index (κ3) is 1.99. The number of amidine groups is 1. The molecule has 2 heterocycles. The number of hydrogen-bond acceptors (Lipinski definition) is 7. The summed E-state index contributed by atoms with van der Waals surface area (Å²) < 4.78 is 0.0861. The number of aliphatic hydroxyl groups is 3. The van der Waals surface area contributed by atoms with Crippen molar-refractivity contribution in [1.82, 2.24) is 5.32 Å². The van der Waals surface area contributed by atoms with Gasteiger partial charge in [-0.25, -0.2) is 0 Å². The van der Waals surface area contributed by atoms with E-state index in [1.54, 1.807) is 7.05 Å². The topological polar surface area (TPSA) is 85.1 Å². The lowest BCUT2D eigenvalue weighted by atomic mass is 10.0. The molecular formula is C8H14N2O3S2. The maximum atomic E-state index is 9.84. The molecule has 2 aliphatic heterocycles. The van der Waals surface area contributed by atoms with Gasteiger partial charge in [-0.3, -0.25) is 4.99 Å². The van der Waals surface area contributed by atoms with Crippen molar-refractivity contribution in [2.24, 2.45) is 4.99 Å². The maximum Gasteiger partial charge on any atom is 0.157 e. The zero-order chi connectivity index (χ0) is 11.0. The van der Waals surface area contributed by atoms with E-state index in [9.17, 15) is 10.2 Å². The average molecular weight is 250 g/mol. The third-order valence-electron chi connectivity index (χ3n) is 2.56. The first-order valence-corrected chi connectivity index (χ1v) is 6.54. The van der Waals surface area contributed by atoms with E-state index in [0.29, 0.717) is 0 Å². The highest BCUT2D eigenvalue weighted by Gasteiger charge is 2.47. The summed E-state index contributed by atoms with van der Waals surface area (Å²) in [5.74, 6) is 0. The smallest absolute Gasteiger partial charge is 0.157 e. The van der Waals surface area contributed by atoms with Gasteiger partial charge in [0, 0.05) is 7.05 Å². The highest BCUT2D eigenvalue weighted by molar-refractivity contribution is 8.25. The van der Waals surface area contributed by atoms with Crippen LogP contribution in [0.15, 0.2) is 4.99 Å². The summed E-state index contributed by atoms with van der Waals surface area (Å²) in [7, 11) is 1.78. The molecule has 0 aromatic carbocycles. The first-order valence-electron chi connectivity index (χ1n) is 4.72.